The molecule has 128 valence electrons. The van der Waals surface area contributed by atoms with Gasteiger partial charge in [-0.3, -0.25) is 9.59 Å². The van der Waals surface area contributed by atoms with Crippen molar-refractivity contribution >= 4 is 33.7 Å². The number of aromatic nitrogens is 3. The zero-order valence-corrected chi connectivity index (χ0v) is 14.4. The Morgan fingerprint density at radius 2 is 1.92 bits per heavy atom. The smallest absolute Gasteiger partial charge is 0.265 e. The van der Waals surface area contributed by atoms with Gasteiger partial charge in [0, 0.05) is 11.1 Å². The third-order valence-corrected chi connectivity index (χ3v) is 4.85. The number of benzene rings is 2. The van der Waals surface area contributed by atoms with E-state index >= 15 is 0 Å². The first-order valence-electron chi connectivity index (χ1n) is 7.95. The van der Waals surface area contributed by atoms with Gasteiger partial charge in [-0.2, -0.15) is 5.10 Å². The van der Waals surface area contributed by atoms with Crippen molar-refractivity contribution in [3.8, 4) is 0 Å². The van der Waals surface area contributed by atoms with Crippen LogP contribution < -0.4 is 10.1 Å². The molecular formula is C19H14N4O2S. The first-order chi connectivity index (χ1) is 12.7. The van der Waals surface area contributed by atoms with Crippen molar-refractivity contribution in [1.82, 2.24) is 14.8 Å². The summed E-state index contributed by atoms with van der Waals surface area (Å²) in [6.07, 6.45) is 3.14. The van der Waals surface area contributed by atoms with Gasteiger partial charge in [-0.1, -0.05) is 41.7 Å². The topological polar surface area (TPSA) is 76.9 Å². The molecule has 0 aliphatic heterocycles. The average molecular weight is 362 g/mol. The minimum absolute atomic E-state index is 0.114. The first kappa shape index (κ1) is 16.2. The van der Waals surface area contributed by atoms with Gasteiger partial charge in [-0.25, -0.2) is 9.67 Å². The standard InChI is InChI=1S/C19H14N4O2S/c24-18(17-9-14-3-1-2-4-16(14)19(25)26-17)22-15-7-5-13(6-8-15)10-23-12-20-11-21-23/h1-9,11-12H,10H2,(H,22,24). The van der Waals surface area contributed by atoms with E-state index in [1.807, 2.05) is 42.5 Å². The molecular weight excluding hydrogens is 348 g/mol. The summed E-state index contributed by atoms with van der Waals surface area (Å²) >= 11 is 0.954. The van der Waals surface area contributed by atoms with Gasteiger partial charge in [0.1, 0.15) is 12.7 Å². The predicted molar refractivity (Wildman–Crippen MR) is 102 cm³/mol. The van der Waals surface area contributed by atoms with Crippen molar-refractivity contribution in [3.05, 3.63) is 87.2 Å². The summed E-state index contributed by atoms with van der Waals surface area (Å²) in [6.45, 7) is 0.612. The van der Waals surface area contributed by atoms with Crippen LogP contribution in [0.25, 0.3) is 10.8 Å². The molecule has 0 aliphatic rings. The zero-order chi connectivity index (χ0) is 17.9. The highest BCUT2D eigenvalue weighted by molar-refractivity contribution is 7.12. The van der Waals surface area contributed by atoms with E-state index in [0.717, 1.165) is 22.3 Å². The van der Waals surface area contributed by atoms with Crippen LogP contribution in [-0.2, 0) is 6.54 Å². The molecule has 2 aromatic heterocycles. The third-order valence-electron chi connectivity index (χ3n) is 3.92. The van der Waals surface area contributed by atoms with Crippen molar-refractivity contribution < 1.29 is 4.79 Å². The highest BCUT2D eigenvalue weighted by Crippen LogP contribution is 2.17. The molecule has 4 rings (SSSR count). The summed E-state index contributed by atoms with van der Waals surface area (Å²) in [5, 5.41) is 8.30. The average Bonchev–Trinajstić information content (AvgIpc) is 3.16. The molecule has 0 radical (unpaired) electrons. The summed E-state index contributed by atoms with van der Waals surface area (Å²) in [5.74, 6) is -0.290. The highest BCUT2D eigenvalue weighted by Gasteiger charge is 2.10. The second-order valence-electron chi connectivity index (χ2n) is 5.73. The van der Waals surface area contributed by atoms with Crippen LogP contribution in [0.2, 0.25) is 0 Å². The van der Waals surface area contributed by atoms with Gasteiger partial charge in [0.2, 0.25) is 4.74 Å². The van der Waals surface area contributed by atoms with E-state index in [-0.39, 0.29) is 10.6 Å². The molecule has 26 heavy (non-hydrogen) atoms. The second-order valence-corrected chi connectivity index (χ2v) is 6.74. The van der Waals surface area contributed by atoms with Crippen LogP contribution in [0.4, 0.5) is 5.69 Å². The summed E-state index contributed by atoms with van der Waals surface area (Å²) in [5.41, 5.74) is 1.72. The Kier molecular flexibility index (Phi) is 4.28. The number of nitrogens with one attached hydrogen (secondary N) is 1. The monoisotopic (exact) mass is 362 g/mol. The fraction of sp³-hybridized carbons (Fsp3) is 0.0526. The largest absolute Gasteiger partial charge is 0.321 e. The van der Waals surface area contributed by atoms with Gasteiger partial charge in [-0.15, -0.1) is 0 Å². The fourth-order valence-corrected chi connectivity index (χ4v) is 3.46. The molecule has 0 unspecified atom stereocenters. The summed E-state index contributed by atoms with van der Waals surface area (Å²) in [4.78, 5) is 29.0. The summed E-state index contributed by atoms with van der Waals surface area (Å²) in [7, 11) is 0. The number of hydrogen-bond donors (Lipinski definition) is 1. The molecule has 0 atom stereocenters. The molecule has 2 heterocycles. The normalized spacial score (nSPS) is 10.8. The number of rotatable bonds is 4. The SMILES string of the molecule is O=C(Nc1ccc(Cn2cncn2)cc1)c1cc2ccccc2c(=O)s1. The van der Waals surface area contributed by atoms with Crippen LogP contribution in [0.15, 0.2) is 72.0 Å². The van der Waals surface area contributed by atoms with E-state index < -0.39 is 0 Å². The molecule has 0 bridgehead atoms. The second kappa shape index (κ2) is 6.89. The van der Waals surface area contributed by atoms with Gasteiger partial charge in [0.15, 0.2) is 0 Å². The van der Waals surface area contributed by atoms with Crippen LogP contribution >= 0.6 is 11.3 Å². The number of carbonyl (C=O) groups is 1. The molecule has 0 saturated heterocycles. The van der Waals surface area contributed by atoms with Crippen molar-refractivity contribution in [2.45, 2.75) is 6.54 Å². The molecule has 1 N–H and O–H groups in total. The Bertz CT molecular complexity index is 1120. The molecule has 7 heteroatoms. The molecule has 2 aromatic carbocycles. The number of hydrogen-bond acceptors (Lipinski definition) is 5. The maximum Gasteiger partial charge on any atom is 0.265 e. The lowest BCUT2D eigenvalue weighted by Crippen LogP contribution is -2.13. The van der Waals surface area contributed by atoms with Gasteiger partial charge >= 0.3 is 0 Å². The predicted octanol–water partition coefficient (Wildman–Crippen LogP) is 3.15. The van der Waals surface area contributed by atoms with Gasteiger partial charge in [0.25, 0.3) is 5.91 Å². The summed E-state index contributed by atoms with van der Waals surface area (Å²) < 4.78 is 1.61. The van der Waals surface area contributed by atoms with Crippen molar-refractivity contribution in [2.24, 2.45) is 0 Å². The molecule has 0 fully saturated rings. The van der Waals surface area contributed by atoms with Gasteiger partial charge in [-0.05, 0) is 35.2 Å². The molecule has 6 nitrogen and oxygen atoms in total. The van der Waals surface area contributed by atoms with Crippen molar-refractivity contribution in [2.75, 3.05) is 5.32 Å². The lowest BCUT2D eigenvalue weighted by Gasteiger charge is -2.07. The van der Waals surface area contributed by atoms with Crippen LogP contribution in [0, 0.1) is 0 Å². The number of anilines is 1. The lowest BCUT2D eigenvalue weighted by atomic mass is 10.2. The quantitative estimate of drug-likeness (QED) is 0.605. The number of carbonyl (C=O) groups excluding carboxylic acids is 1. The highest BCUT2D eigenvalue weighted by atomic mass is 32.1. The van der Waals surface area contributed by atoms with E-state index in [4.69, 9.17) is 0 Å². The van der Waals surface area contributed by atoms with Gasteiger partial charge in [0.05, 0.1) is 11.4 Å². The molecule has 0 saturated carbocycles. The van der Waals surface area contributed by atoms with E-state index in [2.05, 4.69) is 15.4 Å². The number of fused-ring (bicyclic) bond motifs is 1. The Morgan fingerprint density at radius 1 is 1.12 bits per heavy atom. The van der Waals surface area contributed by atoms with E-state index in [0.29, 0.717) is 22.5 Å². The van der Waals surface area contributed by atoms with Crippen LogP contribution in [0.3, 0.4) is 0 Å². The zero-order valence-electron chi connectivity index (χ0n) is 13.6. The van der Waals surface area contributed by atoms with Crippen LogP contribution in [0.5, 0.6) is 0 Å². The Balaban J connectivity index is 1.52. The Morgan fingerprint density at radius 3 is 2.69 bits per heavy atom. The number of nitrogens with zero attached hydrogens (tertiary/aromatic N) is 3. The minimum atomic E-state index is -0.290. The maximum atomic E-state index is 12.5. The van der Waals surface area contributed by atoms with Crippen molar-refractivity contribution in [1.29, 1.82) is 0 Å². The van der Waals surface area contributed by atoms with Gasteiger partial charge < -0.3 is 5.32 Å². The number of amides is 1. The maximum absolute atomic E-state index is 12.5. The molecule has 4 aromatic rings. The summed E-state index contributed by atoms with van der Waals surface area (Å²) in [6, 6.07) is 16.5. The van der Waals surface area contributed by atoms with E-state index in [1.54, 1.807) is 23.1 Å². The van der Waals surface area contributed by atoms with Crippen molar-refractivity contribution in [3.63, 3.8) is 0 Å². The molecule has 1 amide bonds. The fourth-order valence-electron chi connectivity index (χ4n) is 2.63. The van der Waals surface area contributed by atoms with Crippen LogP contribution in [-0.4, -0.2) is 20.7 Å². The first-order valence-corrected chi connectivity index (χ1v) is 8.76. The van der Waals surface area contributed by atoms with E-state index in [9.17, 15) is 9.59 Å². The molecule has 0 aliphatic carbocycles. The Hall–Kier alpha value is -3.32. The molecule has 0 spiro atoms. The van der Waals surface area contributed by atoms with E-state index in [1.165, 1.54) is 6.33 Å². The minimum Gasteiger partial charge on any atom is -0.321 e. The lowest BCUT2D eigenvalue weighted by molar-refractivity contribution is 0.103. The third kappa shape index (κ3) is 3.38. The Labute approximate surface area is 152 Å². The van der Waals surface area contributed by atoms with Crippen LogP contribution in [0.1, 0.15) is 15.2 Å².